The summed E-state index contributed by atoms with van der Waals surface area (Å²) in [6, 6.07) is 5.65. The molecule has 3 heterocycles. The maximum atomic E-state index is 13.5. The molecule has 4 aliphatic rings. The number of hydrogen-bond acceptors (Lipinski definition) is 7. The number of nitrogens with one attached hydrogen (secondary N) is 3. The third-order valence-corrected chi connectivity index (χ3v) is 8.93. The van der Waals surface area contributed by atoms with Gasteiger partial charge in [-0.2, -0.15) is 0 Å². The van der Waals surface area contributed by atoms with Gasteiger partial charge in [-0.3, -0.25) is 19.7 Å². The summed E-state index contributed by atoms with van der Waals surface area (Å²) in [5, 5.41) is 9.35. The molecule has 1 aromatic carbocycles. The molecule has 0 aromatic heterocycles. The molecule has 3 fully saturated rings. The summed E-state index contributed by atoms with van der Waals surface area (Å²) in [4.78, 5) is 51.7. The number of carbonyl (C=O) groups is 4. The third-order valence-electron chi connectivity index (χ3n) is 8.93. The Bertz CT molecular complexity index is 1170. The summed E-state index contributed by atoms with van der Waals surface area (Å²) in [6.45, 7) is 6.77. The monoisotopic (exact) mass is 582 g/mol. The smallest absolute Gasteiger partial charge is 0.407 e. The van der Waals surface area contributed by atoms with Crippen molar-refractivity contribution in [1.29, 1.82) is 0 Å². The van der Waals surface area contributed by atoms with Crippen LogP contribution in [0, 0.1) is 0 Å². The number of amides is 4. The Kier molecular flexibility index (Phi) is 9.52. The molecule has 2 saturated heterocycles. The molecular weight excluding hydrogens is 536 g/mol. The van der Waals surface area contributed by atoms with Crippen molar-refractivity contribution < 1.29 is 28.7 Å². The fraction of sp³-hybridized carbons (Fsp3) is 0.688. The first-order valence-electron chi connectivity index (χ1n) is 15.7. The largest absolute Gasteiger partial charge is 0.444 e. The lowest BCUT2D eigenvalue weighted by atomic mass is 9.88. The molecule has 10 heteroatoms. The fourth-order valence-electron chi connectivity index (χ4n) is 6.82. The fourth-order valence-corrected chi connectivity index (χ4v) is 6.82. The summed E-state index contributed by atoms with van der Waals surface area (Å²) in [5.74, 6) is -0.828. The summed E-state index contributed by atoms with van der Waals surface area (Å²) in [6.07, 6.45) is 9.23. The van der Waals surface area contributed by atoms with Crippen LogP contribution in [-0.2, 0) is 25.6 Å². The lowest BCUT2D eigenvalue weighted by Gasteiger charge is -2.34. The van der Waals surface area contributed by atoms with E-state index >= 15 is 0 Å². The molecule has 230 valence electrons. The number of imide groups is 1. The average Bonchev–Trinajstić information content (AvgIpc) is 3.27. The summed E-state index contributed by atoms with van der Waals surface area (Å²) >= 11 is 0. The number of alkyl carbamates (subject to hydrolysis) is 1. The lowest BCUT2D eigenvalue weighted by molar-refractivity contribution is -0.136. The van der Waals surface area contributed by atoms with E-state index in [1.165, 1.54) is 6.42 Å². The topological polar surface area (TPSA) is 126 Å². The Morgan fingerprint density at radius 2 is 1.83 bits per heavy atom. The second-order valence-corrected chi connectivity index (χ2v) is 13.3. The van der Waals surface area contributed by atoms with Crippen LogP contribution in [0.2, 0.25) is 0 Å². The van der Waals surface area contributed by atoms with Crippen LogP contribution in [0.5, 0.6) is 0 Å². The molecule has 0 unspecified atom stereocenters. The Morgan fingerprint density at radius 1 is 1.07 bits per heavy atom. The van der Waals surface area contributed by atoms with Crippen molar-refractivity contribution in [3.05, 3.63) is 34.9 Å². The number of rotatable bonds is 8. The number of carbonyl (C=O) groups excluding carboxylic acids is 4. The predicted molar refractivity (Wildman–Crippen MR) is 157 cm³/mol. The average molecular weight is 583 g/mol. The molecule has 3 atom stereocenters. The van der Waals surface area contributed by atoms with Crippen LogP contribution in [-0.4, -0.2) is 65.2 Å². The molecule has 1 aliphatic carbocycles. The van der Waals surface area contributed by atoms with E-state index in [2.05, 4.69) is 22.0 Å². The number of ether oxygens (including phenoxy) is 2. The van der Waals surface area contributed by atoms with E-state index < -0.39 is 17.6 Å². The molecular formula is C32H46N4O6. The van der Waals surface area contributed by atoms with Crippen molar-refractivity contribution in [1.82, 2.24) is 20.9 Å². The van der Waals surface area contributed by atoms with Crippen molar-refractivity contribution in [3.63, 3.8) is 0 Å². The van der Waals surface area contributed by atoms with Crippen LogP contribution >= 0.6 is 0 Å². The first kappa shape index (κ1) is 30.5. The van der Waals surface area contributed by atoms with Gasteiger partial charge >= 0.3 is 6.09 Å². The quantitative estimate of drug-likeness (QED) is 0.391. The van der Waals surface area contributed by atoms with E-state index in [9.17, 15) is 19.2 Å². The van der Waals surface area contributed by atoms with Crippen molar-refractivity contribution in [3.8, 4) is 0 Å². The van der Waals surface area contributed by atoms with Crippen LogP contribution in [0.3, 0.4) is 0 Å². The zero-order valence-electron chi connectivity index (χ0n) is 25.2. The highest BCUT2D eigenvalue weighted by atomic mass is 16.6. The molecule has 0 bridgehead atoms. The Balaban J connectivity index is 1.28. The van der Waals surface area contributed by atoms with E-state index in [4.69, 9.17) is 9.47 Å². The molecule has 10 nitrogen and oxygen atoms in total. The standard InChI is InChI=1S/C32H46N4O6/c1-32(2,3)42-31(40)34-21-12-10-20(11-13-21)33-26(15-14-22-7-4-5-18-41-22)23-8-6-9-24-25(23)19-36(30(24)39)27-16-17-28(37)35-29(27)38/h6,8-9,20-22,26-27,33H,4-5,7,10-19H2,1-3H3,(H,34,40)(H,35,37,38)/t20?,21?,22-,26-,27-/m1/s1. The highest BCUT2D eigenvalue weighted by molar-refractivity contribution is 6.05. The van der Waals surface area contributed by atoms with Gasteiger partial charge in [-0.1, -0.05) is 12.1 Å². The minimum atomic E-state index is -0.634. The van der Waals surface area contributed by atoms with E-state index in [0.717, 1.165) is 69.1 Å². The van der Waals surface area contributed by atoms with Gasteiger partial charge in [-0.15, -0.1) is 0 Å². The van der Waals surface area contributed by atoms with Gasteiger partial charge in [0.15, 0.2) is 0 Å². The van der Waals surface area contributed by atoms with Gasteiger partial charge in [-0.25, -0.2) is 4.79 Å². The predicted octanol–water partition coefficient (Wildman–Crippen LogP) is 4.26. The summed E-state index contributed by atoms with van der Waals surface area (Å²) < 4.78 is 11.5. The number of piperidine rings is 1. The van der Waals surface area contributed by atoms with Gasteiger partial charge in [0, 0.05) is 43.3 Å². The van der Waals surface area contributed by atoms with E-state index in [-0.39, 0.29) is 48.6 Å². The number of fused-ring (bicyclic) bond motifs is 1. The van der Waals surface area contributed by atoms with Crippen molar-refractivity contribution in [2.24, 2.45) is 0 Å². The summed E-state index contributed by atoms with van der Waals surface area (Å²) in [5.41, 5.74) is 2.18. The minimum absolute atomic E-state index is 0.0281. The molecule has 3 aliphatic heterocycles. The van der Waals surface area contributed by atoms with Crippen LogP contribution in [0.1, 0.15) is 119 Å². The van der Waals surface area contributed by atoms with E-state index in [0.29, 0.717) is 18.5 Å². The second-order valence-electron chi connectivity index (χ2n) is 13.3. The van der Waals surface area contributed by atoms with Crippen LogP contribution < -0.4 is 16.0 Å². The second kappa shape index (κ2) is 13.1. The Labute approximate surface area is 248 Å². The van der Waals surface area contributed by atoms with Crippen molar-refractivity contribution >= 4 is 23.8 Å². The number of nitrogens with zero attached hydrogens (tertiary/aromatic N) is 1. The maximum Gasteiger partial charge on any atom is 0.407 e. The molecule has 0 spiro atoms. The lowest BCUT2D eigenvalue weighted by Crippen LogP contribution is -2.52. The zero-order chi connectivity index (χ0) is 29.9. The Hall–Kier alpha value is -2.98. The molecule has 1 aromatic rings. The van der Waals surface area contributed by atoms with Crippen molar-refractivity contribution in [2.75, 3.05) is 6.61 Å². The zero-order valence-corrected chi connectivity index (χ0v) is 25.2. The Morgan fingerprint density at radius 3 is 2.52 bits per heavy atom. The normalized spacial score (nSPS) is 27.3. The molecule has 5 rings (SSSR count). The van der Waals surface area contributed by atoms with Gasteiger partial charge in [0.2, 0.25) is 11.8 Å². The minimum Gasteiger partial charge on any atom is -0.444 e. The molecule has 0 radical (unpaired) electrons. The first-order chi connectivity index (χ1) is 20.1. The number of benzene rings is 1. The van der Waals surface area contributed by atoms with Gasteiger partial charge in [0.05, 0.1) is 6.10 Å². The molecule has 1 saturated carbocycles. The van der Waals surface area contributed by atoms with E-state index in [1.807, 2.05) is 32.9 Å². The third kappa shape index (κ3) is 7.50. The highest BCUT2D eigenvalue weighted by Gasteiger charge is 2.40. The van der Waals surface area contributed by atoms with Gasteiger partial charge in [0.25, 0.3) is 5.91 Å². The van der Waals surface area contributed by atoms with Crippen LogP contribution in [0.4, 0.5) is 4.79 Å². The highest BCUT2D eigenvalue weighted by Crippen LogP contribution is 2.35. The SMILES string of the molecule is CC(C)(C)OC(=O)NC1CCC(N[C@H](CC[C@H]2CCCCO2)c2cccc3c2CN([C@@H]2CCC(=O)NC2=O)C3=O)CC1. The molecule has 3 N–H and O–H groups in total. The van der Waals surface area contributed by atoms with E-state index in [1.54, 1.807) is 4.90 Å². The van der Waals surface area contributed by atoms with Crippen molar-refractivity contribution in [2.45, 2.75) is 134 Å². The van der Waals surface area contributed by atoms with Gasteiger partial charge in [-0.05, 0) is 102 Å². The van der Waals surface area contributed by atoms with Crippen LogP contribution in [0.25, 0.3) is 0 Å². The molecule has 4 amide bonds. The summed E-state index contributed by atoms with van der Waals surface area (Å²) in [7, 11) is 0. The first-order valence-corrected chi connectivity index (χ1v) is 15.7. The molecule has 42 heavy (non-hydrogen) atoms. The maximum absolute atomic E-state index is 13.5. The van der Waals surface area contributed by atoms with Gasteiger partial charge < -0.3 is 25.0 Å². The van der Waals surface area contributed by atoms with Gasteiger partial charge in [0.1, 0.15) is 11.6 Å². The number of hydrogen-bond donors (Lipinski definition) is 3. The van der Waals surface area contributed by atoms with Crippen LogP contribution in [0.15, 0.2) is 18.2 Å².